The van der Waals surface area contributed by atoms with E-state index in [4.69, 9.17) is 0 Å². The van der Waals surface area contributed by atoms with Gasteiger partial charge in [-0.2, -0.15) is 13.2 Å². The molecule has 3 aromatic rings. The van der Waals surface area contributed by atoms with Crippen molar-refractivity contribution < 1.29 is 30.7 Å². The van der Waals surface area contributed by atoms with Crippen LogP contribution in [0.15, 0.2) is 36.4 Å². The van der Waals surface area contributed by atoms with Crippen molar-refractivity contribution >= 4 is 0 Å². The maximum Gasteiger partial charge on any atom is 0.422 e. The third-order valence-corrected chi connectivity index (χ3v) is 5.58. The predicted octanol–water partition coefficient (Wildman–Crippen LogP) is 7.65. The van der Waals surface area contributed by atoms with Gasteiger partial charge in [-0.05, 0) is 70.8 Å². The summed E-state index contributed by atoms with van der Waals surface area (Å²) in [6.45, 7) is 2.05. The maximum atomic E-state index is 15.3. The summed E-state index contributed by atoms with van der Waals surface area (Å²) >= 11 is 0. The second kappa shape index (κ2) is 7.70. The molecule has 0 saturated heterocycles. The summed E-state index contributed by atoms with van der Waals surface area (Å²) in [5.74, 6) is -5.96. The minimum absolute atomic E-state index is 0.174. The van der Waals surface area contributed by atoms with Gasteiger partial charge in [0.2, 0.25) is 0 Å². The van der Waals surface area contributed by atoms with E-state index in [1.54, 1.807) is 6.07 Å². The summed E-state index contributed by atoms with van der Waals surface area (Å²) in [7, 11) is 0. The number of benzene rings is 3. The van der Waals surface area contributed by atoms with Crippen LogP contribution in [0.1, 0.15) is 35.6 Å². The van der Waals surface area contributed by atoms with Gasteiger partial charge >= 0.3 is 6.18 Å². The Kier molecular flexibility index (Phi) is 5.31. The van der Waals surface area contributed by atoms with E-state index in [9.17, 15) is 26.3 Å². The molecule has 0 saturated carbocycles. The van der Waals surface area contributed by atoms with Gasteiger partial charge in [0.1, 0.15) is 28.8 Å². The first-order chi connectivity index (χ1) is 14.6. The van der Waals surface area contributed by atoms with Crippen LogP contribution >= 0.6 is 0 Å². The van der Waals surface area contributed by atoms with Crippen LogP contribution in [0.5, 0.6) is 0 Å². The molecule has 0 spiro atoms. The first-order valence-electron chi connectivity index (χ1n) is 9.81. The van der Waals surface area contributed by atoms with Crippen molar-refractivity contribution in [3.05, 3.63) is 81.9 Å². The van der Waals surface area contributed by atoms with Crippen LogP contribution in [-0.4, -0.2) is 0 Å². The van der Waals surface area contributed by atoms with E-state index in [2.05, 4.69) is 0 Å². The molecule has 0 unspecified atom stereocenters. The fourth-order valence-electron chi connectivity index (χ4n) is 4.22. The number of halogens is 7. The van der Waals surface area contributed by atoms with Gasteiger partial charge in [-0.3, -0.25) is 0 Å². The highest BCUT2D eigenvalue weighted by Crippen LogP contribution is 2.42. The van der Waals surface area contributed by atoms with Crippen molar-refractivity contribution in [2.24, 2.45) is 0 Å². The Morgan fingerprint density at radius 2 is 1.48 bits per heavy atom. The fourth-order valence-corrected chi connectivity index (χ4v) is 4.22. The SMILES string of the molecule is CCCc1ccc2c(c1)CCc1c-2cc(F)c(-c2cc(F)c(C(F)(F)F)c(F)c2)c1F. The van der Waals surface area contributed by atoms with E-state index >= 15 is 4.39 Å². The molecule has 0 radical (unpaired) electrons. The molecule has 0 nitrogen and oxygen atoms in total. The second-order valence-electron chi connectivity index (χ2n) is 7.63. The summed E-state index contributed by atoms with van der Waals surface area (Å²) < 4.78 is 96.6. The van der Waals surface area contributed by atoms with Crippen molar-refractivity contribution in [2.75, 3.05) is 0 Å². The molecule has 0 fully saturated rings. The van der Waals surface area contributed by atoms with Gasteiger partial charge in [0.25, 0.3) is 0 Å². The van der Waals surface area contributed by atoms with Gasteiger partial charge < -0.3 is 0 Å². The number of fused-ring (bicyclic) bond motifs is 3. The smallest absolute Gasteiger partial charge is 0.206 e. The van der Waals surface area contributed by atoms with Gasteiger partial charge in [0.15, 0.2) is 0 Å². The minimum atomic E-state index is -5.26. The van der Waals surface area contributed by atoms with E-state index in [0.29, 0.717) is 29.7 Å². The standard InChI is InChI=1S/C24H17F7/c1-2-3-12-4-6-15-13(8-12)5-7-16-17(15)11-18(25)21(23(16)28)14-9-19(26)22(20(27)10-14)24(29,30)31/h4,6,8-11H,2-3,5,7H2,1H3. The molecule has 1 aliphatic rings. The van der Waals surface area contributed by atoms with Crippen molar-refractivity contribution in [1.29, 1.82) is 0 Å². The Hall–Kier alpha value is -2.83. The molecule has 0 aromatic heterocycles. The highest BCUT2D eigenvalue weighted by molar-refractivity contribution is 5.78. The summed E-state index contributed by atoms with van der Waals surface area (Å²) in [5, 5.41) is 0. The second-order valence-corrected chi connectivity index (χ2v) is 7.63. The van der Waals surface area contributed by atoms with E-state index in [1.807, 2.05) is 19.1 Å². The first-order valence-corrected chi connectivity index (χ1v) is 9.81. The van der Waals surface area contributed by atoms with E-state index in [0.717, 1.165) is 30.0 Å². The van der Waals surface area contributed by atoms with Crippen LogP contribution in [0, 0.1) is 23.3 Å². The number of aryl methyl sites for hydroxylation is 2. The largest absolute Gasteiger partial charge is 0.422 e. The molecule has 7 heteroatoms. The van der Waals surface area contributed by atoms with Gasteiger partial charge in [-0.25, -0.2) is 17.6 Å². The van der Waals surface area contributed by atoms with E-state index < -0.39 is 46.1 Å². The van der Waals surface area contributed by atoms with Crippen LogP contribution in [0.25, 0.3) is 22.3 Å². The predicted molar refractivity (Wildman–Crippen MR) is 104 cm³/mol. The topological polar surface area (TPSA) is 0 Å². The lowest BCUT2D eigenvalue weighted by molar-refractivity contribution is -0.142. The third kappa shape index (κ3) is 3.70. The first kappa shape index (κ1) is 21.4. The molecule has 162 valence electrons. The molecule has 0 bridgehead atoms. The Labute approximate surface area is 174 Å². The van der Waals surface area contributed by atoms with Crippen molar-refractivity contribution in [3.63, 3.8) is 0 Å². The fraction of sp³-hybridized carbons (Fsp3) is 0.250. The van der Waals surface area contributed by atoms with Gasteiger partial charge in [-0.15, -0.1) is 0 Å². The van der Waals surface area contributed by atoms with Gasteiger partial charge in [0, 0.05) is 0 Å². The highest BCUT2D eigenvalue weighted by Gasteiger charge is 2.38. The van der Waals surface area contributed by atoms with Crippen LogP contribution in [-0.2, 0) is 25.4 Å². The summed E-state index contributed by atoms with van der Waals surface area (Å²) in [6, 6.07) is 7.40. The van der Waals surface area contributed by atoms with Crippen molar-refractivity contribution in [1.82, 2.24) is 0 Å². The quantitative estimate of drug-likeness (QED) is 0.369. The van der Waals surface area contributed by atoms with Crippen LogP contribution < -0.4 is 0 Å². The molecule has 0 N–H and O–H groups in total. The molecular weight excluding hydrogens is 421 g/mol. The summed E-state index contributed by atoms with van der Waals surface area (Å²) in [6.07, 6.45) is -2.69. The molecule has 31 heavy (non-hydrogen) atoms. The number of rotatable bonds is 3. The van der Waals surface area contributed by atoms with Gasteiger partial charge in [0.05, 0.1) is 5.56 Å². The number of hydrogen-bond acceptors (Lipinski definition) is 0. The zero-order chi connectivity index (χ0) is 22.5. The van der Waals surface area contributed by atoms with Crippen LogP contribution in [0.2, 0.25) is 0 Å². The molecule has 4 rings (SSSR count). The van der Waals surface area contributed by atoms with Crippen molar-refractivity contribution in [2.45, 2.75) is 38.8 Å². The lowest BCUT2D eigenvalue weighted by Crippen LogP contribution is -2.12. The number of hydrogen-bond donors (Lipinski definition) is 0. The Morgan fingerprint density at radius 1 is 0.806 bits per heavy atom. The molecule has 0 heterocycles. The number of alkyl halides is 3. The third-order valence-electron chi connectivity index (χ3n) is 5.58. The lowest BCUT2D eigenvalue weighted by Gasteiger charge is -2.23. The molecular formula is C24H17F7. The summed E-state index contributed by atoms with van der Waals surface area (Å²) in [4.78, 5) is 0. The lowest BCUT2D eigenvalue weighted by atomic mass is 9.82. The molecule has 1 aliphatic carbocycles. The van der Waals surface area contributed by atoms with Crippen molar-refractivity contribution in [3.8, 4) is 22.3 Å². The normalized spacial score (nSPS) is 13.2. The Morgan fingerprint density at radius 3 is 2.10 bits per heavy atom. The highest BCUT2D eigenvalue weighted by atomic mass is 19.4. The summed E-state index contributed by atoms with van der Waals surface area (Å²) in [5.41, 5.74) is -0.179. The Bertz CT molecular complexity index is 1150. The van der Waals surface area contributed by atoms with Gasteiger partial charge in [-0.1, -0.05) is 31.5 Å². The molecule has 0 amide bonds. The zero-order valence-corrected chi connectivity index (χ0v) is 16.4. The average Bonchev–Trinajstić information content (AvgIpc) is 2.66. The van der Waals surface area contributed by atoms with Crippen LogP contribution in [0.3, 0.4) is 0 Å². The van der Waals surface area contributed by atoms with E-state index in [-0.39, 0.29) is 12.0 Å². The molecule has 0 aliphatic heterocycles. The maximum absolute atomic E-state index is 15.3. The minimum Gasteiger partial charge on any atom is -0.206 e. The average molecular weight is 438 g/mol. The van der Waals surface area contributed by atoms with Crippen LogP contribution in [0.4, 0.5) is 30.7 Å². The van der Waals surface area contributed by atoms with E-state index in [1.165, 1.54) is 0 Å². The Balaban J connectivity index is 1.86. The molecule has 0 atom stereocenters. The molecule has 3 aromatic carbocycles. The monoisotopic (exact) mass is 438 g/mol. The zero-order valence-electron chi connectivity index (χ0n) is 16.4.